The summed E-state index contributed by atoms with van der Waals surface area (Å²) in [5.74, 6) is -0.975. The number of rotatable bonds is 6. The molecule has 0 unspecified atom stereocenters. The number of non-ortho nitro benzene ring substituents is 1. The molecular weight excluding hydrogens is 338 g/mol. The fraction of sp³-hybridized carbons (Fsp3) is 0.500. The molecule has 0 saturated carbocycles. The second-order valence-corrected chi connectivity index (χ2v) is 7.57. The lowest BCUT2D eigenvalue weighted by Gasteiger charge is -2.23. The van der Waals surface area contributed by atoms with Crippen LogP contribution in [-0.4, -0.2) is 47.0 Å². The monoisotopic (exact) mass is 357 g/mol. The van der Waals surface area contributed by atoms with E-state index in [4.69, 9.17) is 0 Å². The van der Waals surface area contributed by atoms with Crippen LogP contribution in [0.4, 0.5) is 11.4 Å². The molecule has 0 aliphatic carbocycles. The van der Waals surface area contributed by atoms with E-state index in [1.165, 1.54) is 4.31 Å². The summed E-state index contributed by atoms with van der Waals surface area (Å²) < 4.78 is 25.6. The Morgan fingerprint density at radius 1 is 1.50 bits per heavy atom. The molecule has 0 bridgehead atoms. The van der Waals surface area contributed by atoms with Crippen molar-refractivity contribution < 1.29 is 23.2 Å². The van der Waals surface area contributed by atoms with Gasteiger partial charge in [0.15, 0.2) is 0 Å². The van der Waals surface area contributed by atoms with Crippen LogP contribution in [0.3, 0.4) is 0 Å². The van der Waals surface area contributed by atoms with E-state index in [0.717, 1.165) is 18.2 Å². The lowest BCUT2D eigenvalue weighted by atomic mass is 10.2. The second kappa shape index (κ2) is 7.14. The largest absolute Gasteiger partial charge is 0.506 e. The van der Waals surface area contributed by atoms with E-state index in [0.29, 0.717) is 19.3 Å². The number of aromatic hydroxyl groups is 1. The van der Waals surface area contributed by atoms with Crippen LogP contribution < -0.4 is 5.32 Å². The molecule has 24 heavy (non-hydrogen) atoms. The predicted octanol–water partition coefficient (Wildman–Crippen LogP) is 1.44. The molecule has 1 aromatic rings. The van der Waals surface area contributed by atoms with Gasteiger partial charge in [-0.1, -0.05) is 6.92 Å². The molecule has 2 rings (SSSR count). The third-order valence-electron chi connectivity index (χ3n) is 3.77. The summed E-state index contributed by atoms with van der Waals surface area (Å²) in [7, 11) is -3.53. The lowest BCUT2D eigenvalue weighted by Crippen LogP contribution is -2.44. The number of carbonyl (C=O) groups excluding carboxylic acids is 1. The van der Waals surface area contributed by atoms with Gasteiger partial charge in [-0.05, 0) is 25.3 Å². The Kier molecular flexibility index (Phi) is 5.40. The van der Waals surface area contributed by atoms with Crippen LogP contribution in [0.1, 0.15) is 26.2 Å². The number of nitro groups is 1. The fourth-order valence-corrected chi connectivity index (χ4v) is 4.41. The van der Waals surface area contributed by atoms with Crippen molar-refractivity contribution in [1.82, 2.24) is 4.31 Å². The molecule has 1 fully saturated rings. The maximum atomic E-state index is 12.4. The highest BCUT2D eigenvalue weighted by atomic mass is 32.2. The summed E-state index contributed by atoms with van der Waals surface area (Å²) in [5.41, 5.74) is -0.404. The van der Waals surface area contributed by atoms with Gasteiger partial charge in [0.05, 0.1) is 16.4 Å². The highest BCUT2D eigenvalue weighted by molar-refractivity contribution is 7.89. The van der Waals surface area contributed by atoms with Crippen LogP contribution in [0.15, 0.2) is 18.2 Å². The van der Waals surface area contributed by atoms with Crippen molar-refractivity contribution in [2.45, 2.75) is 32.2 Å². The number of hydrogen-bond donors (Lipinski definition) is 2. The second-order valence-electron chi connectivity index (χ2n) is 5.53. The van der Waals surface area contributed by atoms with E-state index in [1.807, 2.05) is 0 Å². The summed E-state index contributed by atoms with van der Waals surface area (Å²) in [6, 6.07) is 2.37. The van der Waals surface area contributed by atoms with Crippen molar-refractivity contribution >= 4 is 27.3 Å². The van der Waals surface area contributed by atoms with E-state index < -0.39 is 26.9 Å². The van der Waals surface area contributed by atoms with Crippen molar-refractivity contribution in [3.05, 3.63) is 28.3 Å². The Bertz CT molecular complexity index is 749. The maximum absolute atomic E-state index is 12.4. The number of amides is 1. The van der Waals surface area contributed by atoms with E-state index in [2.05, 4.69) is 5.32 Å². The van der Waals surface area contributed by atoms with Gasteiger partial charge in [0, 0.05) is 18.7 Å². The standard InChI is InChI=1S/C14H19N3O6S/c1-2-8-24(22,23)16-7-3-4-12(16)14(19)15-11-9-10(17(20)21)5-6-13(11)18/h5-6,9,12,18H,2-4,7-8H2,1H3,(H,15,19)/t12-/m1/s1. The third-order valence-corrected chi connectivity index (χ3v) is 5.85. The van der Waals surface area contributed by atoms with Gasteiger partial charge in [-0.15, -0.1) is 0 Å². The van der Waals surface area contributed by atoms with Gasteiger partial charge < -0.3 is 10.4 Å². The lowest BCUT2D eigenvalue weighted by molar-refractivity contribution is -0.384. The average molecular weight is 357 g/mol. The van der Waals surface area contributed by atoms with Crippen molar-refractivity contribution in [2.75, 3.05) is 17.6 Å². The highest BCUT2D eigenvalue weighted by Gasteiger charge is 2.38. The molecule has 1 atom stereocenters. The van der Waals surface area contributed by atoms with Crippen molar-refractivity contribution in [3.8, 4) is 5.75 Å². The molecule has 1 heterocycles. The Balaban J connectivity index is 2.20. The smallest absolute Gasteiger partial charge is 0.271 e. The van der Waals surface area contributed by atoms with Crippen LogP contribution in [0.25, 0.3) is 0 Å². The normalized spacial score (nSPS) is 18.5. The Hall–Kier alpha value is -2.20. The number of hydrogen-bond acceptors (Lipinski definition) is 6. The summed E-state index contributed by atoms with van der Waals surface area (Å²) in [5, 5.41) is 22.9. The number of nitrogens with zero attached hydrogens (tertiary/aromatic N) is 2. The number of sulfonamides is 1. The minimum Gasteiger partial charge on any atom is -0.506 e. The van der Waals surface area contributed by atoms with Crippen molar-refractivity contribution in [3.63, 3.8) is 0 Å². The summed E-state index contributed by atoms with van der Waals surface area (Å²) >= 11 is 0. The molecule has 9 nitrogen and oxygen atoms in total. The molecule has 1 aromatic carbocycles. The molecule has 1 aliphatic heterocycles. The zero-order chi connectivity index (χ0) is 17.9. The van der Waals surface area contributed by atoms with Crippen LogP contribution in [0, 0.1) is 10.1 Å². The summed E-state index contributed by atoms with van der Waals surface area (Å²) in [6.45, 7) is 2.01. The highest BCUT2D eigenvalue weighted by Crippen LogP contribution is 2.29. The zero-order valence-corrected chi connectivity index (χ0v) is 14.0. The van der Waals surface area contributed by atoms with Gasteiger partial charge >= 0.3 is 0 Å². The van der Waals surface area contributed by atoms with Gasteiger partial charge in [-0.25, -0.2) is 8.42 Å². The molecule has 0 aromatic heterocycles. The number of nitro benzene ring substituents is 1. The van der Waals surface area contributed by atoms with Crippen LogP contribution in [0.2, 0.25) is 0 Å². The van der Waals surface area contributed by atoms with E-state index >= 15 is 0 Å². The SMILES string of the molecule is CCCS(=O)(=O)N1CCC[C@@H]1C(=O)Nc1cc([N+](=O)[O-])ccc1O. The number of benzene rings is 1. The van der Waals surface area contributed by atoms with Gasteiger partial charge in [0.25, 0.3) is 5.69 Å². The Morgan fingerprint density at radius 3 is 2.83 bits per heavy atom. The molecule has 2 N–H and O–H groups in total. The molecule has 10 heteroatoms. The molecule has 132 valence electrons. The first-order chi connectivity index (χ1) is 11.3. The summed E-state index contributed by atoms with van der Waals surface area (Å²) in [6.07, 6.45) is 1.37. The predicted molar refractivity (Wildman–Crippen MR) is 87.2 cm³/mol. The number of anilines is 1. The molecule has 0 radical (unpaired) electrons. The van der Waals surface area contributed by atoms with Crippen molar-refractivity contribution in [1.29, 1.82) is 0 Å². The first kappa shape index (κ1) is 18.1. The molecule has 0 spiro atoms. The van der Waals surface area contributed by atoms with Gasteiger partial charge in [-0.2, -0.15) is 4.31 Å². The number of phenols is 1. The van der Waals surface area contributed by atoms with Gasteiger partial charge in [-0.3, -0.25) is 14.9 Å². The molecular formula is C14H19N3O6S. The van der Waals surface area contributed by atoms with Gasteiger partial charge in [0.1, 0.15) is 11.8 Å². The third kappa shape index (κ3) is 3.82. The minimum absolute atomic E-state index is 0.0428. The number of carbonyl (C=O) groups is 1. The molecule has 1 saturated heterocycles. The first-order valence-corrected chi connectivity index (χ1v) is 9.15. The number of nitrogens with one attached hydrogen (secondary N) is 1. The zero-order valence-electron chi connectivity index (χ0n) is 13.1. The van der Waals surface area contributed by atoms with Crippen molar-refractivity contribution in [2.24, 2.45) is 0 Å². The molecule has 1 amide bonds. The minimum atomic E-state index is -3.53. The quantitative estimate of drug-likeness (QED) is 0.450. The van der Waals surface area contributed by atoms with Crippen LogP contribution in [-0.2, 0) is 14.8 Å². The van der Waals surface area contributed by atoms with Crippen LogP contribution >= 0.6 is 0 Å². The number of phenolic OH excluding ortho intramolecular Hbond substituents is 1. The van der Waals surface area contributed by atoms with E-state index in [1.54, 1.807) is 6.92 Å². The Labute approximate surface area is 139 Å². The maximum Gasteiger partial charge on any atom is 0.271 e. The van der Waals surface area contributed by atoms with Crippen LogP contribution in [0.5, 0.6) is 5.75 Å². The average Bonchev–Trinajstić information content (AvgIpc) is 2.99. The summed E-state index contributed by atoms with van der Waals surface area (Å²) in [4.78, 5) is 22.5. The fourth-order valence-electron chi connectivity index (χ4n) is 2.66. The first-order valence-electron chi connectivity index (χ1n) is 7.54. The van der Waals surface area contributed by atoms with Gasteiger partial charge in [0.2, 0.25) is 15.9 Å². The van der Waals surface area contributed by atoms with E-state index in [9.17, 15) is 28.4 Å². The topological polar surface area (TPSA) is 130 Å². The van der Waals surface area contributed by atoms with E-state index in [-0.39, 0.29) is 29.4 Å². The molecule has 1 aliphatic rings. The Morgan fingerprint density at radius 2 is 2.21 bits per heavy atom.